The zero-order valence-electron chi connectivity index (χ0n) is 15.5. The van der Waals surface area contributed by atoms with Gasteiger partial charge in [0.05, 0.1) is 18.3 Å². The Hall–Kier alpha value is -1.95. The Bertz CT molecular complexity index is 658. The Morgan fingerprint density at radius 2 is 2.00 bits per heavy atom. The quantitative estimate of drug-likeness (QED) is 0.268. The fraction of sp³-hybridized carbons (Fsp3) is 0.500. The third-order valence-corrected chi connectivity index (χ3v) is 5.62. The van der Waals surface area contributed by atoms with Crippen LogP contribution in [0.4, 0.5) is 0 Å². The summed E-state index contributed by atoms with van der Waals surface area (Å²) in [7, 11) is 0. The average molecular weight is 371 g/mol. The lowest BCUT2D eigenvalue weighted by atomic mass is 9.77. The highest BCUT2D eigenvalue weighted by molar-refractivity contribution is 5.74. The molecule has 0 aromatic heterocycles. The highest BCUT2D eigenvalue weighted by atomic mass is 16.5. The van der Waals surface area contributed by atoms with Crippen molar-refractivity contribution in [2.75, 3.05) is 0 Å². The first-order valence-electron chi connectivity index (χ1n) is 9.83. The number of aliphatic hydroxyl groups is 1. The lowest BCUT2D eigenvalue weighted by Gasteiger charge is -2.25. The van der Waals surface area contributed by atoms with E-state index in [0.717, 1.165) is 37.7 Å². The Balaban J connectivity index is 1.51. The second-order valence-electron chi connectivity index (χ2n) is 7.41. The number of hydroxylamine groups is 1. The van der Waals surface area contributed by atoms with Crippen LogP contribution in [0.25, 0.3) is 0 Å². The Kier molecular flexibility index (Phi) is 7.21. The van der Waals surface area contributed by atoms with Crippen molar-refractivity contribution in [1.82, 2.24) is 5.48 Å². The van der Waals surface area contributed by atoms with Crippen LogP contribution < -0.4 is 5.48 Å². The van der Waals surface area contributed by atoms with E-state index in [0.29, 0.717) is 24.4 Å². The molecule has 2 bridgehead atoms. The van der Waals surface area contributed by atoms with E-state index in [1.807, 2.05) is 36.4 Å². The fourth-order valence-electron chi connectivity index (χ4n) is 4.19. The lowest BCUT2D eigenvalue weighted by Crippen LogP contribution is -2.25. The molecule has 146 valence electrons. The molecule has 1 aromatic carbocycles. The molecule has 1 unspecified atom stereocenters. The zero-order chi connectivity index (χ0) is 19.1. The van der Waals surface area contributed by atoms with E-state index >= 15 is 0 Å². The molecular weight excluding hydrogens is 342 g/mol. The zero-order valence-corrected chi connectivity index (χ0v) is 15.5. The fourth-order valence-corrected chi connectivity index (χ4v) is 4.19. The van der Waals surface area contributed by atoms with Crippen LogP contribution in [0.15, 0.2) is 54.6 Å². The van der Waals surface area contributed by atoms with Crippen molar-refractivity contribution in [1.29, 1.82) is 0 Å². The van der Waals surface area contributed by atoms with Gasteiger partial charge in [-0.25, -0.2) is 5.48 Å². The van der Waals surface area contributed by atoms with Crippen LogP contribution in [0, 0.1) is 11.8 Å². The summed E-state index contributed by atoms with van der Waals surface area (Å²) in [5.74, 6) is 0.443. The van der Waals surface area contributed by atoms with Gasteiger partial charge in [-0.2, -0.15) is 0 Å². The number of carbonyl (C=O) groups is 1. The molecule has 0 radical (unpaired) electrons. The first-order valence-corrected chi connectivity index (χ1v) is 9.83. The number of allylic oxidation sites excluding steroid dienone is 2. The second kappa shape index (κ2) is 9.83. The van der Waals surface area contributed by atoms with Gasteiger partial charge in [0.15, 0.2) is 0 Å². The number of hydrogen-bond acceptors (Lipinski definition) is 4. The van der Waals surface area contributed by atoms with E-state index in [1.54, 1.807) is 5.48 Å². The van der Waals surface area contributed by atoms with Crippen molar-refractivity contribution in [3.8, 4) is 0 Å². The predicted molar refractivity (Wildman–Crippen MR) is 103 cm³/mol. The van der Waals surface area contributed by atoms with Crippen molar-refractivity contribution >= 4 is 5.91 Å². The van der Waals surface area contributed by atoms with Gasteiger partial charge < -0.3 is 9.84 Å². The molecule has 0 aliphatic carbocycles. The summed E-state index contributed by atoms with van der Waals surface area (Å²) in [6.45, 7) is 0. The minimum Gasteiger partial charge on any atom is -0.384 e. The van der Waals surface area contributed by atoms with Crippen LogP contribution in [0.3, 0.4) is 0 Å². The number of hydrogen-bond donors (Lipinski definition) is 3. The number of fused-ring (bicyclic) bond motifs is 2. The van der Waals surface area contributed by atoms with Gasteiger partial charge in [0.25, 0.3) is 0 Å². The van der Waals surface area contributed by atoms with Gasteiger partial charge in [0.2, 0.25) is 5.91 Å². The highest BCUT2D eigenvalue weighted by Gasteiger charge is 2.46. The summed E-state index contributed by atoms with van der Waals surface area (Å²) in [5.41, 5.74) is 2.56. The molecule has 0 saturated carbocycles. The summed E-state index contributed by atoms with van der Waals surface area (Å²) in [4.78, 5) is 11.0. The topological polar surface area (TPSA) is 78.8 Å². The predicted octanol–water partition coefficient (Wildman–Crippen LogP) is 3.69. The summed E-state index contributed by atoms with van der Waals surface area (Å²) in [6, 6.07) is 9.69. The van der Waals surface area contributed by atoms with E-state index in [2.05, 4.69) is 18.2 Å². The Morgan fingerprint density at radius 3 is 2.78 bits per heavy atom. The van der Waals surface area contributed by atoms with Gasteiger partial charge in [-0.05, 0) is 43.6 Å². The van der Waals surface area contributed by atoms with Crippen molar-refractivity contribution in [2.24, 2.45) is 11.8 Å². The van der Waals surface area contributed by atoms with Gasteiger partial charge in [-0.3, -0.25) is 10.0 Å². The molecule has 2 aliphatic rings. The lowest BCUT2D eigenvalue weighted by molar-refractivity contribution is -0.129. The Labute approximate surface area is 160 Å². The molecule has 2 fully saturated rings. The number of amides is 1. The minimum atomic E-state index is -0.584. The third kappa shape index (κ3) is 5.28. The number of rotatable bonds is 9. The molecule has 5 heteroatoms. The first-order chi connectivity index (χ1) is 13.2. The van der Waals surface area contributed by atoms with Crippen molar-refractivity contribution in [3.63, 3.8) is 0 Å². The van der Waals surface area contributed by atoms with Crippen LogP contribution in [-0.4, -0.2) is 28.4 Å². The highest BCUT2D eigenvalue weighted by Crippen LogP contribution is 2.46. The maximum Gasteiger partial charge on any atom is 0.243 e. The monoisotopic (exact) mass is 371 g/mol. The standard InChI is InChI=1S/C22H29NO4/c24-19(16-8-4-3-5-9-16)13-12-18-17(20-14-15-21(18)27-20)10-6-1-2-7-11-22(25)23-26/h1,3-6,8-9,12-13,17-21,24,26H,2,7,10-11,14-15H2,(H,23,25)/b6-1-,13-12+/t17-,18+,19?,20-,21+/m0/s1. The van der Waals surface area contributed by atoms with Gasteiger partial charge in [0.1, 0.15) is 0 Å². The van der Waals surface area contributed by atoms with Crippen LogP contribution in [0.1, 0.15) is 50.2 Å². The van der Waals surface area contributed by atoms with Crippen LogP contribution >= 0.6 is 0 Å². The van der Waals surface area contributed by atoms with Crippen molar-refractivity contribution < 1.29 is 19.8 Å². The molecular formula is C22H29NO4. The molecule has 2 heterocycles. The minimum absolute atomic E-state index is 0.265. The van der Waals surface area contributed by atoms with Crippen LogP contribution in [0.2, 0.25) is 0 Å². The molecule has 1 aromatic rings. The van der Waals surface area contributed by atoms with Gasteiger partial charge in [0, 0.05) is 12.3 Å². The number of nitrogens with one attached hydrogen (secondary N) is 1. The van der Waals surface area contributed by atoms with E-state index in [-0.39, 0.29) is 12.0 Å². The van der Waals surface area contributed by atoms with Gasteiger partial charge >= 0.3 is 0 Å². The van der Waals surface area contributed by atoms with Gasteiger partial charge in [-0.15, -0.1) is 0 Å². The van der Waals surface area contributed by atoms with Crippen molar-refractivity contribution in [2.45, 2.75) is 56.8 Å². The molecule has 0 spiro atoms. The molecule has 2 saturated heterocycles. The van der Waals surface area contributed by atoms with E-state index < -0.39 is 6.10 Å². The SMILES string of the molecule is O=C(CCC/C=C\C[C@H]1[C@@H](/C=C/C(O)c2ccccc2)[C@H]2CC[C@@H]1O2)NO. The average Bonchev–Trinajstić information content (AvgIpc) is 3.31. The van der Waals surface area contributed by atoms with E-state index in [4.69, 9.17) is 9.94 Å². The number of ether oxygens (including phenoxy) is 1. The van der Waals surface area contributed by atoms with Gasteiger partial charge in [-0.1, -0.05) is 54.6 Å². The number of unbranched alkanes of at least 4 members (excludes halogenated alkanes) is 1. The maximum absolute atomic E-state index is 11.0. The number of benzene rings is 1. The molecule has 5 nitrogen and oxygen atoms in total. The summed E-state index contributed by atoms with van der Waals surface area (Å²) >= 11 is 0. The normalized spacial score (nSPS) is 28.2. The smallest absolute Gasteiger partial charge is 0.243 e. The summed E-state index contributed by atoms with van der Waals surface area (Å²) in [5, 5.41) is 18.9. The maximum atomic E-state index is 11.0. The molecule has 5 atom stereocenters. The van der Waals surface area contributed by atoms with Crippen LogP contribution in [-0.2, 0) is 9.53 Å². The molecule has 3 N–H and O–H groups in total. The van der Waals surface area contributed by atoms with Crippen LogP contribution in [0.5, 0.6) is 0 Å². The largest absolute Gasteiger partial charge is 0.384 e. The molecule has 2 aliphatic heterocycles. The molecule has 1 amide bonds. The number of aliphatic hydroxyl groups excluding tert-OH is 1. The van der Waals surface area contributed by atoms with Crippen molar-refractivity contribution in [3.05, 3.63) is 60.2 Å². The first kappa shape index (κ1) is 19.8. The Morgan fingerprint density at radius 1 is 1.22 bits per heavy atom. The molecule has 27 heavy (non-hydrogen) atoms. The molecule has 3 rings (SSSR count). The van der Waals surface area contributed by atoms with E-state index in [1.165, 1.54) is 0 Å². The number of carbonyl (C=O) groups excluding carboxylic acids is 1. The van der Waals surface area contributed by atoms with E-state index in [9.17, 15) is 9.90 Å². The second-order valence-corrected chi connectivity index (χ2v) is 7.41. The summed E-state index contributed by atoms with van der Waals surface area (Å²) in [6.07, 6.45) is 13.4. The summed E-state index contributed by atoms with van der Waals surface area (Å²) < 4.78 is 6.11. The third-order valence-electron chi connectivity index (χ3n) is 5.62.